The molecule has 0 atom stereocenters. The number of aryl methyl sites for hydroxylation is 1. The quantitative estimate of drug-likeness (QED) is 0.938. The fraction of sp³-hybridized carbons (Fsp3) is 0.250. The maximum atomic E-state index is 12.3. The number of aromatic nitrogens is 1. The molecule has 0 unspecified atom stereocenters. The second-order valence-electron chi connectivity index (χ2n) is 4.68. The fourth-order valence-corrected chi connectivity index (χ4v) is 1.95. The third-order valence-electron chi connectivity index (χ3n) is 3.17. The lowest BCUT2D eigenvalue weighted by Crippen LogP contribution is -2.13. The highest BCUT2D eigenvalue weighted by atomic mass is 16.5. The Balaban J connectivity index is 2.28. The van der Waals surface area contributed by atoms with Gasteiger partial charge in [-0.1, -0.05) is 6.07 Å². The number of methoxy groups -OCH3 is 2. The first kappa shape index (κ1) is 14.8. The van der Waals surface area contributed by atoms with Crippen molar-refractivity contribution in [2.75, 3.05) is 19.5 Å². The van der Waals surface area contributed by atoms with Crippen LogP contribution in [0.4, 0.5) is 5.82 Å². The zero-order valence-electron chi connectivity index (χ0n) is 12.6. The molecule has 0 spiro atoms. The Bertz CT molecular complexity index is 626. The van der Waals surface area contributed by atoms with E-state index in [4.69, 9.17) is 9.47 Å². The van der Waals surface area contributed by atoms with Gasteiger partial charge in [0, 0.05) is 17.3 Å². The zero-order valence-corrected chi connectivity index (χ0v) is 12.6. The van der Waals surface area contributed by atoms with Crippen LogP contribution < -0.4 is 14.8 Å². The molecule has 1 aromatic heterocycles. The first-order valence-electron chi connectivity index (χ1n) is 6.51. The van der Waals surface area contributed by atoms with Crippen molar-refractivity contribution < 1.29 is 14.3 Å². The van der Waals surface area contributed by atoms with E-state index in [0.29, 0.717) is 22.9 Å². The normalized spacial score (nSPS) is 10.1. The fourth-order valence-electron chi connectivity index (χ4n) is 1.95. The summed E-state index contributed by atoms with van der Waals surface area (Å²) in [5, 5.41) is 2.75. The Morgan fingerprint density at radius 3 is 2.19 bits per heavy atom. The lowest BCUT2D eigenvalue weighted by molar-refractivity contribution is 0.102. The largest absolute Gasteiger partial charge is 0.496 e. The van der Waals surface area contributed by atoms with Crippen molar-refractivity contribution in [3.63, 3.8) is 0 Å². The van der Waals surface area contributed by atoms with E-state index in [9.17, 15) is 4.79 Å². The Morgan fingerprint density at radius 2 is 1.71 bits per heavy atom. The van der Waals surface area contributed by atoms with Crippen molar-refractivity contribution in [2.24, 2.45) is 0 Å². The van der Waals surface area contributed by atoms with Gasteiger partial charge in [0.1, 0.15) is 17.3 Å². The zero-order chi connectivity index (χ0) is 15.4. The molecule has 21 heavy (non-hydrogen) atoms. The Morgan fingerprint density at radius 1 is 1.10 bits per heavy atom. The summed E-state index contributed by atoms with van der Waals surface area (Å²) in [6.07, 6.45) is 1.70. The minimum absolute atomic E-state index is 0.261. The van der Waals surface area contributed by atoms with Gasteiger partial charge in [-0.25, -0.2) is 4.98 Å². The van der Waals surface area contributed by atoms with Gasteiger partial charge >= 0.3 is 0 Å². The molecule has 0 saturated carbocycles. The summed E-state index contributed by atoms with van der Waals surface area (Å²) in [4.78, 5) is 16.4. The average molecular weight is 286 g/mol. The number of hydrogen-bond donors (Lipinski definition) is 1. The van der Waals surface area contributed by atoms with Gasteiger partial charge in [-0.2, -0.15) is 0 Å². The predicted octanol–water partition coefficient (Wildman–Crippen LogP) is 2.97. The van der Waals surface area contributed by atoms with Crippen LogP contribution in [0.3, 0.4) is 0 Å². The van der Waals surface area contributed by atoms with Gasteiger partial charge in [0.15, 0.2) is 0 Å². The van der Waals surface area contributed by atoms with E-state index in [-0.39, 0.29) is 5.91 Å². The molecule has 0 aliphatic carbocycles. The summed E-state index contributed by atoms with van der Waals surface area (Å²) in [5.74, 6) is 1.46. The van der Waals surface area contributed by atoms with Crippen LogP contribution in [-0.2, 0) is 0 Å². The van der Waals surface area contributed by atoms with Crippen LogP contribution in [0.25, 0.3) is 0 Å². The van der Waals surface area contributed by atoms with Gasteiger partial charge in [-0.15, -0.1) is 0 Å². The van der Waals surface area contributed by atoms with Crippen LogP contribution >= 0.6 is 0 Å². The molecule has 0 bridgehead atoms. The molecular formula is C16H18N2O3. The standard InChI is InChI=1S/C16H18N2O3/c1-10-5-6-15(17-9-10)18-16(19)12-7-13(20-3)11(2)14(8-12)21-4/h5-9H,1-4H3,(H,17,18,19). The molecule has 0 saturated heterocycles. The molecule has 5 nitrogen and oxygen atoms in total. The van der Waals surface area contributed by atoms with Crippen molar-refractivity contribution in [3.05, 3.63) is 47.2 Å². The maximum absolute atomic E-state index is 12.3. The first-order valence-corrected chi connectivity index (χ1v) is 6.51. The summed E-state index contributed by atoms with van der Waals surface area (Å²) < 4.78 is 10.5. The summed E-state index contributed by atoms with van der Waals surface area (Å²) in [7, 11) is 3.12. The highest BCUT2D eigenvalue weighted by Gasteiger charge is 2.14. The molecule has 0 fully saturated rings. The van der Waals surface area contributed by atoms with Crippen LogP contribution in [0, 0.1) is 13.8 Å². The number of anilines is 1. The predicted molar refractivity (Wildman–Crippen MR) is 81.2 cm³/mol. The van der Waals surface area contributed by atoms with Gasteiger partial charge in [-0.05, 0) is 37.6 Å². The SMILES string of the molecule is COc1cc(C(=O)Nc2ccc(C)cn2)cc(OC)c1C. The molecule has 2 aromatic rings. The number of nitrogens with zero attached hydrogens (tertiary/aromatic N) is 1. The van der Waals surface area contributed by atoms with Crippen LogP contribution in [0.1, 0.15) is 21.5 Å². The Labute approximate surface area is 123 Å². The molecule has 1 N–H and O–H groups in total. The van der Waals surface area contributed by atoms with Crippen molar-refractivity contribution in [3.8, 4) is 11.5 Å². The van der Waals surface area contributed by atoms with E-state index in [1.165, 1.54) is 0 Å². The van der Waals surface area contributed by atoms with Crippen molar-refractivity contribution in [1.29, 1.82) is 0 Å². The summed E-state index contributed by atoms with van der Waals surface area (Å²) >= 11 is 0. The number of hydrogen-bond acceptors (Lipinski definition) is 4. The number of carbonyl (C=O) groups excluding carboxylic acids is 1. The minimum atomic E-state index is -0.261. The number of nitrogens with one attached hydrogen (secondary N) is 1. The summed E-state index contributed by atoms with van der Waals surface area (Å²) in [6, 6.07) is 7.01. The number of amides is 1. The second-order valence-corrected chi connectivity index (χ2v) is 4.68. The van der Waals surface area contributed by atoms with Crippen LogP contribution in [0.5, 0.6) is 11.5 Å². The second kappa shape index (κ2) is 6.26. The molecule has 0 radical (unpaired) electrons. The molecular weight excluding hydrogens is 268 g/mol. The van der Waals surface area contributed by atoms with Crippen molar-refractivity contribution >= 4 is 11.7 Å². The van der Waals surface area contributed by atoms with Gasteiger partial charge < -0.3 is 14.8 Å². The van der Waals surface area contributed by atoms with Crippen molar-refractivity contribution in [1.82, 2.24) is 4.98 Å². The van der Waals surface area contributed by atoms with E-state index in [1.807, 2.05) is 19.9 Å². The number of carbonyl (C=O) groups is 1. The topological polar surface area (TPSA) is 60.5 Å². The molecule has 1 aromatic carbocycles. The average Bonchev–Trinajstić information content (AvgIpc) is 2.49. The lowest BCUT2D eigenvalue weighted by atomic mass is 10.1. The van der Waals surface area contributed by atoms with E-state index >= 15 is 0 Å². The molecule has 1 amide bonds. The number of pyridine rings is 1. The van der Waals surface area contributed by atoms with E-state index in [2.05, 4.69) is 10.3 Å². The summed E-state index contributed by atoms with van der Waals surface area (Å²) in [6.45, 7) is 3.81. The Hall–Kier alpha value is -2.56. The first-order chi connectivity index (χ1) is 10.0. The molecule has 5 heteroatoms. The third-order valence-corrected chi connectivity index (χ3v) is 3.17. The highest BCUT2D eigenvalue weighted by molar-refractivity contribution is 6.04. The Kier molecular flexibility index (Phi) is 4.42. The van der Waals surface area contributed by atoms with Gasteiger partial charge in [0.05, 0.1) is 14.2 Å². The number of benzene rings is 1. The number of rotatable bonds is 4. The number of ether oxygens (including phenoxy) is 2. The summed E-state index contributed by atoms with van der Waals surface area (Å²) in [5.41, 5.74) is 2.34. The molecule has 1 heterocycles. The molecule has 2 rings (SSSR count). The molecule has 0 aliphatic heterocycles. The minimum Gasteiger partial charge on any atom is -0.496 e. The van der Waals surface area contributed by atoms with Crippen LogP contribution in [-0.4, -0.2) is 25.1 Å². The third kappa shape index (κ3) is 3.31. The van der Waals surface area contributed by atoms with E-state index < -0.39 is 0 Å². The maximum Gasteiger partial charge on any atom is 0.257 e. The highest BCUT2D eigenvalue weighted by Crippen LogP contribution is 2.29. The van der Waals surface area contributed by atoms with Gasteiger partial charge in [0.2, 0.25) is 0 Å². The van der Waals surface area contributed by atoms with Crippen molar-refractivity contribution in [2.45, 2.75) is 13.8 Å². The monoisotopic (exact) mass is 286 g/mol. The van der Waals surface area contributed by atoms with Gasteiger partial charge in [0.25, 0.3) is 5.91 Å². The van der Waals surface area contributed by atoms with E-state index in [0.717, 1.165) is 11.1 Å². The smallest absolute Gasteiger partial charge is 0.257 e. The van der Waals surface area contributed by atoms with E-state index in [1.54, 1.807) is 38.6 Å². The van der Waals surface area contributed by atoms with Gasteiger partial charge in [-0.3, -0.25) is 4.79 Å². The van der Waals surface area contributed by atoms with Crippen LogP contribution in [0.2, 0.25) is 0 Å². The molecule has 110 valence electrons. The molecule has 0 aliphatic rings. The van der Waals surface area contributed by atoms with Crippen LogP contribution in [0.15, 0.2) is 30.5 Å². The lowest BCUT2D eigenvalue weighted by Gasteiger charge is -2.12.